The first kappa shape index (κ1) is 22.7. The van der Waals surface area contributed by atoms with Crippen molar-refractivity contribution in [3.05, 3.63) is 95.6 Å². The molecule has 0 saturated heterocycles. The lowest BCUT2D eigenvalue weighted by Crippen LogP contribution is -2.20. The highest BCUT2D eigenvalue weighted by Gasteiger charge is 2.14. The Kier molecular flexibility index (Phi) is 7.39. The predicted molar refractivity (Wildman–Crippen MR) is 127 cm³/mol. The molecule has 2 amide bonds. The topological polar surface area (TPSA) is 79.8 Å². The van der Waals surface area contributed by atoms with E-state index in [2.05, 4.69) is 36.6 Å². The minimum absolute atomic E-state index is 0.0364. The minimum Gasteiger partial charge on any atom is -0.484 e. The van der Waals surface area contributed by atoms with Crippen LogP contribution < -0.4 is 15.5 Å². The Balaban J connectivity index is 1.46. The summed E-state index contributed by atoms with van der Waals surface area (Å²) >= 11 is 0. The smallest absolute Gasteiger partial charge is 0.271 e. The minimum atomic E-state index is -0.272. The fourth-order valence-corrected chi connectivity index (χ4v) is 2.87. The van der Waals surface area contributed by atoms with Crippen molar-refractivity contribution in [2.45, 2.75) is 26.2 Å². The van der Waals surface area contributed by atoms with Crippen molar-refractivity contribution >= 4 is 23.7 Å². The molecule has 0 bridgehead atoms. The van der Waals surface area contributed by atoms with Crippen molar-refractivity contribution in [2.75, 3.05) is 11.9 Å². The molecule has 3 rings (SSSR count). The van der Waals surface area contributed by atoms with Crippen molar-refractivity contribution in [3.63, 3.8) is 0 Å². The normalized spacial score (nSPS) is 11.2. The molecule has 0 aliphatic carbocycles. The third-order valence-electron chi connectivity index (χ3n) is 4.70. The second-order valence-corrected chi connectivity index (χ2v) is 8.30. The standard InChI is InChI=1S/C26H27N3O3/c1-26(2,3)21-13-11-20(12-14-21)25(31)29-27-17-19-9-15-23(16-10-19)32-18-24(30)28-22-7-5-4-6-8-22/h4-17H,18H2,1-3H3,(H,28,30)(H,29,31)/b27-17+. The van der Waals surface area contributed by atoms with Gasteiger partial charge < -0.3 is 10.1 Å². The molecule has 0 aromatic heterocycles. The number of ether oxygens (including phenoxy) is 1. The number of amides is 2. The van der Waals surface area contributed by atoms with E-state index in [1.807, 2.05) is 42.5 Å². The lowest BCUT2D eigenvalue weighted by atomic mass is 9.87. The zero-order valence-electron chi connectivity index (χ0n) is 18.5. The highest BCUT2D eigenvalue weighted by Crippen LogP contribution is 2.22. The van der Waals surface area contributed by atoms with Crippen LogP contribution in [0.5, 0.6) is 5.75 Å². The molecule has 0 atom stereocenters. The number of nitrogens with zero attached hydrogens (tertiary/aromatic N) is 1. The van der Waals surface area contributed by atoms with E-state index in [4.69, 9.17) is 4.74 Å². The van der Waals surface area contributed by atoms with Gasteiger partial charge in [-0.1, -0.05) is 51.1 Å². The Morgan fingerprint density at radius 3 is 2.19 bits per heavy atom. The second kappa shape index (κ2) is 10.4. The number of carbonyl (C=O) groups excluding carboxylic acids is 2. The fourth-order valence-electron chi connectivity index (χ4n) is 2.87. The fraction of sp³-hybridized carbons (Fsp3) is 0.192. The molecule has 3 aromatic carbocycles. The number of rotatable bonds is 7. The third kappa shape index (κ3) is 6.80. The van der Waals surface area contributed by atoms with Gasteiger partial charge >= 0.3 is 0 Å². The Morgan fingerprint density at radius 2 is 1.56 bits per heavy atom. The summed E-state index contributed by atoms with van der Waals surface area (Å²) in [6.45, 7) is 6.29. The summed E-state index contributed by atoms with van der Waals surface area (Å²) < 4.78 is 5.50. The van der Waals surface area contributed by atoms with Gasteiger partial charge in [0.25, 0.3) is 11.8 Å². The van der Waals surface area contributed by atoms with E-state index in [1.54, 1.807) is 42.6 Å². The maximum atomic E-state index is 12.2. The molecular weight excluding hydrogens is 402 g/mol. The van der Waals surface area contributed by atoms with Crippen LogP contribution in [0, 0.1) is 0 Å². The number of para-hydroxylation sites is 1. The van der Waals surface area contributed by atoms with Crippen LogP contribution in [0.4, 0.5) is 5.69 Å². The average molecular weight is 430 g/mol. The van der Waals surface area contributed by atoms with E-state index in [0.29, 0.717) is 11.3 Å². The van der Waals surface area contributed by atoms with Gasteiger partial charge in [-0.3, -0.25) is 9.59 Å². The van der Waals surface area contributed by atoms with Crippen LogP contribution in [0.15, 0.2) is 84.0 Å². The maximum Gasteiger partial charge on any atom is 0.271 e. The molecule has 0 aliphatic heterocycles. The number of hydrogen-bond acceptors (Lipinski definition) is 4. The Hall–Kier alpha value is -3.93. The SMILES string of the molecule is CC(C)(C)c1ccc(C(=O)N/N=C/c2ccc(OCC(=O)Nc3ccccc3)cc2)cc1. The van der Waals surface area contributed by atoms with Gasteiger partial charge in [-0.2, -0.15) is 5.10 Å². The van der Waals surface area contributed by atoms with Gasteiger partial charge in [0, 0.05) is 11.3 Å². The van der Waals surface area contributed by atoms with Crippen molar-refractivity contribution in [2.24, 2.45) is 5.10 Å². The molecule has 0 aliphatic rings. The quantitative estimate of drug-likeness (QED) is 0.420. The largest absolute Gasteiger partial charge is 0.484 e. The lowest BCUT2D eigenvalue weighted by molar-refractivity contribution is -0.118. The number of benzene rings is 3. The Morgan fingerprint density at radius 1 is 0.906 bits per heavy atom. The van der Waals surface area contributed by atoms with E-state index in [0.717, 1.165) is 16.8 Å². The Bertz CT molecular complexity index is 1070. The van der Waals surface area contributed by atoms with Gasteiger partial charge in [0.05, 0.1) is 6.21 Å². The molecule has 0 unspecified atom stereocenters. The zero-order valence-corrected chi connectivity index (χ0v) is 18.5. The summed E-state index contributed by atoms with van der Waals surface area (Å²) in [6, 6.07) is 23.8. The monoisotopic (exact) mass is 429 g/mol. The summed E-state index contributed by atoms with van der Waals surface area (Å²) in [5.41, 5.74) is 5.79. The number of carbonyl (C=O) groups is 2. The second-order valence-electron chi connectivity index (χ2n) is 8.30. The van der Waals surface area contributed by atoms with Crippen molar-refractivity contribution in [3.8, 4) is 5.75 Å². The van der Waals surface area contributed by atoms with Crippen LogP contribution in [-0.4, -0.2) is 24.6 Å². The van der Waals surface area contributed by atoms with E-state index < -0.39 is 0 Å². The summed E-state index contributed by atoms with van der Waals surface area (Å²) in [6.07, 6.45) is 1.55. The number of hydrogen-bond donors (Lipinski definition) is 2. The summed E-state index contributed by atoms with van der Waals surface area (Å²) in [7, 11) is 0. The van der Waals surface area contributed by atoms with Crippen molar-refractivity contribution in [1.29, 1.82) is 0 Å². The van der Waals surface area contributed by atoms with Gasteiger partial charge in [-0.25, -0.2) is 5.43 Å². The number of hydrazone groups is 1. The zero-order chi connectivity index (χ0) is 23.0. The van der Waals surface area contributed by atoms with Gasteiger partial charge in [0.1, 0.15) is 5.75 Å². The molecule has 0 radical (unpaired) electrons. The molecule has 0 spiro atoms. The highest BCUT2D eigenvalue weighted by atomic mass is 16.5. The first-order chi connectivity index (χ1) is 15.3. The molecule has 6 heteroatoms. The van der Waals surface area contributed by atoms with Crippen molar-refractivity contribution < 1.29 is 14.3 Å². The van der Waals surface area contributed by atoms with E-state index in [9.17, 15) is 9.59 Å². The van der Waals surface area contributed by atoms with E-state index >= 15 is 0 Å². The van der Waals surface area contributed by atoms with E-state index in [-0.39, 0.29) is 23.8 Å². The summed E-state index contributed by atoms with van der Waals surface area (Å²) in [5, 5.41) is 6.77. The summed E-state index contributed by atoms with van der Waals surface area (Å²) in [4.78, 5) is 24.2. The summed E-state index contributed by atoms with van der Waals surface area (Å²) in [5.74, 6) is 0.0551. The first-order valence-electron chi connectivity index (χ1n) is 10.3. The molecule has 0 saturated carbocycles. The molecule has 2 N–H and O–H groups in total. The lowest BCUT2D eigenvalue weighted by Gasteiger charge is -2.18. The van der Waals surface area contributed by atoms with Crippen LogP contribution in [0.1, 0.15) is 42.3 Å². The molecule has 6 nitrogen and oxygen atoms in total. The highest BCUT2D eigenvalue weighted by molar-refractivity contribution is 5.95. The molecule has 3 aromatic rings. The number of anilines is 1. The van der Waals surface area contributed by atoms with Gasteiger partial charge in [0.2, 0.25) is 0 Å². The van der Waals surface area contributed by atoms with Crippen LogP contribution in [0.2, 0.25) is 0 Å². The average Bonchev–Trinajstić information content (AvgIpc) is 2.78. The number of nitrogens with one attached hydrogen (secondary N) is 2. The molecule has 0 fully saturated rings. The maximum absolute atomic E-state index is 12.2. The molecule has 164 valence electrons. The van der Waals surface area contributed by atoms with Crippen LogP contribution in [-0.2, 0) is 10.2 Å². The van der Waals surface area contributed by atoms with E-state index in [1.165, 1.54) is 0 Å². The molecular formula is C26H27N3O3. The van der Waals surface area contributed by atoms with Crippen LogP contribution in [0.25, 0.3) is 0 Å². The van der Waals surface area contributed by atoms with Crippen molar-refractivity contribution in [1.82, 2.24) is 5.43 Å². The first-order valence-corrected chi connectivity index (χ1v) is 10.3. The van der Waals surface area contributed by atoms with Crippen LogP contribution >= 0.6 is 0 Å². The van der Waals surface area contributed by atoms with Gasteiger partial charge in [-0.15, -0.1) is 0 Å². The van der Waals surface area contributed by atoms with Gasteiger partial charge in [-0.05, 0) is 65.1 Å². The third-order valence-corrected chi connectivity index (χ3v) is 4.70. The Labute approximate surface area is 188 Å². The predicted octanol–water partition coefficient (Wildman–Crippen LogP) is 4.77. The molecule has 32 heavy (non-hydrogen) atoms. The van der Waals surface area contributed by atoms with Gasteiger partial charge in [0.15, 0.2) is 6.61 Å². The molecule has 0 heterocycles. The van der Waals surface area contributed by atoms with Crippen LogP contribution in [0.3, 0.4) is 0 Å².